The van der Waals surface area contributed by atoms with Crippen LogP contribution in [0.15, 0.2) is 28.5 Å². The van der Waals surface area contributed by atoms with E-state index in [9.17, 15) is 13.2 Å². The number of nitrogens with one attached hydrogen (secondary N) is 1. The van der Waals surface area contributed by atoms with Crippen molar-refractivity contribution < 1.29 is 13.2 Å². The lowest BCUT2D eigenvalue weighted by Crippen LogP contribution is -2.36. The number of likely N-dealkylation sites (tertiary alicyclic amines) is 1. The van der Waals surface area contributed by atoms with Gasteiger partial charge in [-0.3, -0.25) is 9.52 Å². The maximum atomic E-state index is 12.8. The molecular weight excluding hydrogens is 463 g/mol. The number of anilines is 1. The van der Waals surface area contributed by atoms with E-state index in [0.29, 0.717) is 13.1 Å². The summed E-state index contributed by atoms with van der Waals surface area (Å²) in [5, 5.41) is 5.19. The van der Waals surface area contributed by atoms with Gasteiger partial charge in [0.25, 0.3) is 15.9 Å². The van der Waals surface area contributed by atoms with Gasteiger partial charge in [-0.25, -0.2) is 8.42 Å². The number of piperidine rings is 1. The Bertz CT molecular complexity index is 834. The number of hydrogen-bond acceptors (Lipinski definition) is 6. The van der Waals surface area contributed by atoms with Crippen LogP contribution >= 0.6 is 34.1 Å². The highest BCUT2D eigenvalue weighted by atomic mass is 127. The molecule has 1 aromatic carbocycles. The minimum Gasteiger partial charge on any atom is -0.339 e. The van der Waals surface area contributed by atoms with Crippen LogP contribution in [0.3, 0.4) is 0 Å². The molecule has 7 nitrogen and oxygen atoms in total. The Kier molecular flexibility index (Phi) is 5.35. The molecule has 0 unspecified atom stereocenters. The van der Waals surface area contributed by atoms with Gasteiger partial charge in [-0.1, -0.05) is 4.49 Å². The van der Waals surface area contributed by atoms with Gasteiger partial charge in [-0.05, 0) is 71.6 Å². The number of halogens is 1. The van der Waals surface area contributed by atoms with E-state index in [2.05, 4.69) is 14.3 Å². The van der Waals surface area contributed by atoms with Crippen LogP contribution in [0, 0.1) is 3.57 Å². The molecule has 0 radical (unpaired) electrons. The number of amides is 1. The van der Waals surface area contributed by atoms with Crippen molar-refractivity contribution in [2.75, 3.05) is 17.8 Å². The molecule has 1 fully saturated rings. The van der Waals surface area contributed by atoms with Gasteiger partial charge in [0.2, 0.25) is 0 Å². The average molecular weight is 478 g/mol. The van der Waals surface area contributed by atoms with E-state index in [1.54, 1.807) is 17.0 Å². The Balaban J connectivity index is 1.97. The van der Waals surface area contributed by atoms with Crippen molar-refractivity contribution in [2.24, 2.45) is 0 Å². The zero-order chi connectivity index (χ0) is 17.2. The van der Waals surface area contributed by atoms with E-state index in [1.165, 1.54) is 11.4 Å². The van der Waals surface area contributed by atoms with Crippen molar-refractivity contribution in [2.45, 2.75) is 24.2 Å². The third-order valence-electron chi connectivity index (χ3n) is 3.71. The summed E-state index contributed by atoms with van der Waals surface area (Å²) in [6.45, 7) is 1.32. The van der Waals surface area contributed by atoms with Crippen molar-refractivity contribution in [1.82, 2.24) is 14.5 Å². The normalized spacial score (nSPS) is 15.3. The number of aromatic nitrogens is 2. The lowest BCUT2D eigenvalue weighted by molar-refractivity contribution is 0.0720. The Labute approximate surface area is 157 Å². The van der Waals surface area contributed by atoms with Crippen molar-refractivity contribution >= 4 is 55.9 Å². The first-order valence-electron chi connectivity index (χ1n) is 7.36. The van der Waals surface area contributed by atoms with Crippen LogP contribution in [-0.2, 0) is 10.0 Å². The molecule has 10 heteroatoms. The topological polar surface area (TPSA) is 92.3 Å². The Morgan fingerprint density at radius 1 is 1.25 bits per heavy atom. The molecule has 0 saturated carbocycles. The molecule has 0 bridgehead atoms. The second-order valence-electron chi connectivity index (χ2n) is 5.39. The molecule has 0 aliphatic carbocycles. The lowest BCUT2D eigenvalue weighted by Gasteiger charge is -2.27. The number of sulfonamides is 1. The van der Waals surface area contributed by atoms with Gasteiger partial charge in [0.15, 0.2) is 5.82 Å². The molecule has 1 aromatic heterocycles. The fourth-order valence-corrected chi connectivity index (χ4v) is 4.94. The highest BCUT2D eigenvalue weighted by Crippen LogP contribution is 2.24. The number of benzene rings is 1. The quantitative estimate of drug-likeness (QED) is 0.683. The van der Waals surface area contributed by atoms with Crippen LogP contribution in [0.25, 0.3) is 0 Å². The monoisotopic (exact) mass is 478 g/mol. The molecule has 3 rings (SSSR count). The second-order valence-corrected chi connectivity index (χ2v) is 8.90. The summed E-state index contributed by atoms with van der Waals surface area (Å²) in [7, 11) is -3.92. The summed E-state index contributed by atoms with van der Waals surface area (Å²) in [6, 6.07) is 4.81. The second kappa shape index (κ2) is 7.31. The highest BCUT2D eigenvalue weighted by Gasteiger charge is 2.27. The van der Waals surface area contributed by atoms with Gasteiger partial charge in [0, 0.05) is 16.7 Å². The predicted octanol–water partition coefficient (Wildman–Crippen LogP) is 2.57. The Hall–Kier alpha value is -1.27. The fourth-order valence-electron chi connectivity index (χ4n) is 2.56. The van der Waals surface area contributed by atoms with Crippen LogP contribution in [0.4, 0.5) is 5.82 Å². The molecule has 24 heavy (non-hydrogen) atoms. The summed E-state index contributed by atoms with van der Waals surface area (Å²) in [5.74, 6) is -0.0990. The molecule has 128 valence electrons. The summed E-state index contributed by atoms with van der Waals surface area (Å²) in [4.78, 5) is 14.5. The van der Waals surface area contributed by atoms with Gasteiger partial charge in [-0.15, -0.1) is 5.10 Å². The molecule has 0 atom stereocenters. The largest absolute Gasteiger partial charge is 0.339 e. The average Bonchev–Trinajstić information content (AvgIpc) is 3.07. The maximum absolute atomic E-state index is 12.8. The van der Waals surface area contributed by atoms with Crippen molar-refractivity contribution in [3.8, 4) is 0 Å². The van der Waals surface area contributed by atoms with Crippen LogP contribution in [0.2, 0.25) is 0 Å². The third kappa shape index (κ3) is 3.86. The molecule has 2 heterocycles. The van der Waals surface area contributed by atoms with Gasteiger partial charge < -0.3 is 4.90 Å². The zero-order valence-electron chi connectivity index (χ0n) is 12.6. The van der Waals surface area contributed by atoms with Gasteiger partial charge in [-0.2, -0.15) is 0 Å². The fraction of sp³-hybridized carbons (Fsp3) is 0.357. The van der Waals surface area contributed by atoms with Crippen LogP contribution in [0.5, 0.6) is 0 Å². The molecule has 2 aromatic rings. The van der Waals surface area contributed by atoms with Crippen LogP contribution in [0.1, 0.15) is 29.6 Å². The standard InChI is InChI=1S/C14H15IN4O3S2/c15-10-4-5-11(14(20)19-6-2-1-3-7-19)12(8-10)24(21,22)17-13-9-23-18-16-13/h4-5,8-9,17H,1-3,6-7H2. The van der Waals surface area contributed by atoms with E-state index in [1.807, 2.05) is 22.6 Å². The SMILES string of the molecule is O=C(c1ccc(I)cc1S(=O)(=O)Nc1csnn1)N1CCCCC1. The Morgan fingerprint density at radius 2 is 2.00 bits per heavy atom. The first-order chi connectivity index (χ1) is 11.5. The number of nitrogens with zero attached hydrogens (tertiary/aromatic N) is 3. The molecule has 1 aliphatic rings. The van der Waals surface area contributed by atoms with E-state index in [4.69, 9.17) is 0 Å². The number of carbonyl (C=O) groups excluding carboxylic acids is 1. The predicted molar refractivity (Wildman–Crippen MR) is 99.6 cm³/mol. The third-order valence-corrected chi connectivity index (χ3v) is 6.28. The van der Waals surface area contributed by atoms with E-state index < -0.39 is 10.0 Å². The zero-order valence-corrected chi connectivity index (χ0v) is 16.4. The molecule has 0 spiro atoms. The minimum atomic E-state index is -3.92. The first kappa shape index (κ1) is 17.5. The van der Waals surface area contributed by atoms with Crippen molar-refractivity contribution in [3.63, 3.8) is 0 Å². The van der Waals surface area contributed by atoms with Crippen LogP contribution in [-0.4, -0.2) is 41.9 Å². The van der Waals surface area contributed by atoms with Gasteiger partial charge in [0.05, 0.1) is 10.9 Å². The van der Waals surface area contributed by atoms with Gasteiger partial charge >= 0.3 is 0 Å². The lowest BCUT2D eigenvalue weighted by atomic mass is 10.1. The van der Waals surface area contributed by atoms with Crippen molar-refractivity contribution in [3.05, 3.63) is 32.7 Å². The molecule has 1 saturated heterocycles. The summed E-state index contributed by atoms with van der Waals surface area (Å²) >= 11 is 3.07. The van der Waals surface area contributed by atoms with Crippen molar-refractivity contribution in [1.29, 1.82) is 0 Å². The molecular formula is C14H15IN4O3S2. The number of hydrogen-bond donors (Lipinski definition) is 1. The van der Waals surface area contributed by atoms with Gasteiger partial charge in [0.1, 0.15) is 4.90 Å². The maximum Gasteiger partial charge on any atom is 0.263 e. The number of rotatable bonds is 4. The van der Waals surface area contributed by atoms with Crippen LogP contribution < -0.4 is 4.72 Å². The Morgan fingerprint density at radius 3 is 2.67 bits per heavy atom. The van der Waals surface area contributed by atoms with E-state index in [0.717, 1.165) is 34.4 Å². The summed E-state index contributed by atoms with van der Waals surface area (Å²) in [5.41, 5.74) is 0.188. The summed E-state index contributed by atoms with van der Waals surface area (Å²) in [6.07, 6.45) is 2.99. The minimum absolute atomic E-state index is 0.0297. The molecule has 1 amide bonds. The number of carbonyl (C=O) groups is 1. The molecule has 1 N–H and O–H groups in total. The highest BCUT2D eigenvalue weighted by molar-refractivity contribution is 14.1. The van der Waals surface area contributed by atoms with E-state index in [-0.39, 0.29) is 22.2 Å². The summed E-state index contributed by atoms with van der Waals surface area (Å²) < 4.78 is 32.2. The first-order valence-corrected chi connectivity index (χ1v) is 10.8. The molecule has 1 aliphatic heterocycles. The smallest absolute Gasteiger partial charge is 0.263 e. The van der Waals surface area contributed by atoms with E-state index >= 15 is 0 Å².